The minimum absolute atomic E-state index is 0.142. The summed E-state index contributed by atoms with van der Waals surface area (Å²) in [4.78, 5) is 0.185. The minimum Gasteiger partial charge on any atom is -0.508 e. The zero-order valence-electron chi connectivity index (χ0n) is 9.00. The maximum absolute atomic E-state index is 11.7. The Morgan fingerprint density at radius 2 is 1.65 bits per heavy atom. The van der Waals surface area contributed by atoms with Crippen LogP contribution in [-0.2, 0) is 9.84 Å². The number of phenolic OH excluding ortho intramolecular Hbond substituents is 1. The lowest BCUT2D eigenvalue weighted by atomic mass is 10.1. The summed E-state index contributed by atoms with van der Waals surface area (Å²) in [5.41, 5.74) is 0. The molecular formula is C12H12O4S. The lowest BCUT2D eigenvalue weighted by molar-refractivity contribution is 0.319. The van der Waals surface area contributed by atoms with Crippen LogP contribution in [0, 0.1) is 0 Å². The van der Waals surface area contributed by atoms with Crippen molar-refractivity contribution in [2.24, 2.45) is 0 Å². The van der Waals surface area contributed by atoms with E-state index in [0.717, 1.165) is 10.8 Å². The van der Waals surface area contributed by atoms with Crippen LogP contribution < -0.4 is 0 Å². The van der Waals surface area contributed by atoms with E-state index in [4.69, 9.17) is 5.11 Å². The number of hydrogen-bond donors (Lipinski definition) is 2. The van der Waals surface area contributed by atoms with Crippen molar-refractivity contribution in [3.63, 3.8) is 0 Å². The van der Waals surface area contributed by atoms with Crippen LogP contribution in [0.25, 0.3) is 10.8 Å². The number of rotatable bonds is 3. The summed E-state index contributed by atoms with van der Waals surface area (Å²) < 4.78 is 23.5. The molecule has 0 saturated carbocycles. The quantitative estimate of drug-likeness (QED) is 0.863. The Morgan fingerprint density at radius 1 is 1.00 bits per heavy atom. The van der Waals surface area contributed by atoms with Crippen LogP contribution in [-0.4, -0.2) is 31.0 Å². The number of hydrogen-bond acceptors (Lipinski definition) is 4. The van der Waals surface area contributed by atoms with Gasteiger partial charge in [0.25, 0.3) is 0 Å². The van der Waals surface area contributed by atoms with Crippen molar-refractivity contribution in [2.75, 3.05) is 12.4 Å². The smallest absolute Gasteiger partial charge is 0.180 e. The fourth-order valence-corrected chi connectivity index (χ4v) is 2.70. The van der Waals surface area contributed by atoms with Gasteiger partial charge in [-0.25, -0.2) is 8.42 Å². The van der Waals surface area contributed by atoms with Crippen LogP contribution in [0.3, 0.4) is 0 Å². The van der Waals surface area contributed by atoms with E-state index >= 15 is 0 Å². The molecule has 0 spiro atoms. The van der Waals surface area contributed by atoms with Crippen LogP contribution >= 0.6 is 0 Å². The van der Waals surface area contributed by atoms with E-state index in [9.17, 15) is 13.5 Å². The maximum atomic E-state index is 11.7. The number of aromatic hydroxyl groups is 1. The molecule has 4 nitrogen and oxygen atoms in total. The molecule has 17 heavy (non-hydrogen) atoms. The molecule has 2 rings (SSSR count). The van der Waals surface area contributed by atoms with E-state index in [1.54, 1.807) is 24.3 Å². The van der Waals surface area contributed by atoms with Crippen molar-refractivity contribution < 1.29 is 18.6 Å². The molecule has 0 atom stereocenters. The van der Waals surface area contributed by atoms with Gasteiger partial charge in [0.2, 0.25) is 0 Å². The first-order valence-electron chi connectivity index (χ1n) is 5.09. The second-order valence-electron chi connectivity index (χ2n) is 3.74. The number of sulfone groups is 1. The van der Waals surface area contributed by atoms with E-state index in [1.165, 1.54) is 12.1 Å². The third kappa shape index (κ3) is 2.40. The first-order chi connectivity index (χ1) is 8.03. The Bertz CT molecular complexity index is 647. The topological polar surface area (TPSA) is 74.6 Å². The van der Waals surface area contributed by atoms with Gasteiger partial charge in [-0.1, -0.05) is 12.1 Å². The van der Waals surface area contributed by atoms with Crippen molar-refractivity contribution in [1.29, 1.82) is 0 Å². The zero-order chi connectivity index (χ0) is 12.5. The highest BCUT2D eigenvalue weighted by Crippen LogP contribution is 2.23. The normalized spacial score (nSPS) is 11.8. The van der Waals surface area contributed by atoms with E-state index < -0.39 is 16.4 Å². The van der Waals surface area contributed by atoms with Gasteiger partial charge >= 0.3 is 0 Å². The van der Waals surface area contributed by atoms with Gasteiger partial charge in [0.05, 0.1) is 17.3 Å². The molecule has 2 aromatic rings. The molecule has 0 aliphatic carbocycles. The van der Waals surface area contributed by atoms with Crippen LogP contribution in [0.2, 0.25) is 0 Å². The lowest BCUT2D eigenvalue weighted by Crippen LogP contribution is -2.09. The highest BCUT2D eigenvalue weighted by Gasteiger charge is 2.13. The molecule has 0 aliphatic heterocycles. The molecule has 0 aliphatic rings. The van der Waals surface area contributed by atoms with E-state index in [1.807, 2.05) is 0 Å². The fraction of sp³-hybridized carbons (Fsp3) is 0.167. The summed E-state index contributed by atoms with van der Waals surface area (Å²) in [6, 6.07) is 9.39. The highest BCUT2D eigenvalue weighted by molar-refractivity contribution is 7.91. The van der Waals surface area contributed by atoms with Gasteiger partial charge < -0.3 is 10.2 Å². The third-order valence-corrected chi connectivity index (χ3v) is 4.21. The third-order valence-electron chi connectivity index (χ3n) is 2.51. The summed E-state index contributed by atoms with van der Waals surface area (Å²) in [6.45, 7) is -0.393. The molecular weight excluding hydrogens is 240 g/mol. The first-order valence-corrected chi connectivity index (χ1v) is 6.74. The Kier molecular flexibility index (Phi) is 3.04. The second-order valence-corrected chi connectivity index (χ2v) is 5.84. The molecule has 0 saturated heterocycles. The molecule has 0 fully saturated rings. The predicted octanol–water partition coefficient (Wildman–Crippen LogP) is 1.31. The van der Waals surface area contributed by atoms with E-state index in [0.29, 0.717) is 0 Å². The average molecular weight is 252 g/mol. The summed E-state index contributed by atoms with van der Waals surface area (Å²) >= 11 is 0. The Hall–Kier alpha value is -1.59. The number of phenols is 1. The largest absolute Gasteiger partial charge is 0.508 e. The maximum Gasteiger partial charge on any atom is 0.180 e. The van der Waals surface area contributed by atoms with E-state index in [2.05, 4.69) is 0 Å². The second kappa shape index (κ2) is 4.35. The fourth-order valence-electron chi connectivity index (χ4n) is 1.64. The zero-order valence-corrected chi connectivity index (χ0v) is 9.81. The monoisotopic (exact) mass is 252 g/mol. The van der Waals surface area contributed by atoms with E-state index in [-0.39, 0.29) is 16.4 Å². The molecule has 0 unspecified atom stereocenters. The van der Waals surface area contributed by atoms with Crippen molar-refractivity contribution in [2.45, 2.75) is 4.90 Å². The Morgan fingerprint density at radius 3 is 2.35 bits per heavy atom. The van der Waals surface area contributed by atoms with Gasteiger partial charge in [-0.15, -0.1) is 0 Å². The summed E-state index contributed by atoms with van der Waals surface area (Å²) in [7, 11) is -3.42. The Balaban J connectivity index is 2.56. The highest BCUT2D eigenvalue weighted by atomic mass is 32.2. The average Bonchev–Trinajstić information content (AvgIpc) is 2.28. The van der Waals surface area contributed by atoms with Crippen LogP contribution in [0.5, 0.6) is 5.75 Å². The molecule has 0 radical (unpaired) electrons. The molecule has 2 N–H and O–H groups in total. The van der Waals surface area contributed by atoms with Gasteiger partial charge in [-0.2, -0.15) is 0 Å². The van der Waals surface area contributed by atoms with Crippen LogP contribution in [0.1, 0.15) is 0 Å². The summed E-state index contributed by atoms with van der Waals surface area (Å²) in [6.07, 6.45) is 0. The van der Waals surface area contributed by atoms with Gasteiger partial charge in [0, 0.05) is 0 Å². The standard InChI is InChI=1S/C12H12O4S/c13-5-6-17(15,16)12-4-2-9-7-11(14)3-1-10(9)8-12/h1-4,7-8,13-14H,5-6H2. The van der Waals surface area contributed by atoms with Gasteiger partial charge in [0.15, 0.2) is 9.84 Å². The van der Waals surface area contributed by atoms with Gasteiger partial charge in [-0.3, -0.25) is 0 Å². The number of aliphatic hydroxyl groups excluding tert-OH is 1. The molecule has 0 bridgehead atoms. The molecule has 2 aromatic carbocycles. The van der Waals surface area contributed by atoms with Gasteiger partial charge in [0.1, 0.15) is 5.75 Å². The van der Waals surface area contributed by atoms with Crippen molar-refractivity contribution in [1.82, 2.24) is 0 Å². The van der Waals surface area contributed by atoms with Gasteiger partial charge in [-0.05, 0) is 35.0 Å². The predicted molar refractivity (Wildman–Crippen MR) is 64.8 cm³/mol. The number of benzene rings is 2. The van der Waals surface area contributed by atoms with Crippen LogP contribution in [0.15, 0.2) is 41.3 Å². The lowest BCUT2D eigenvalue weighted by Gasteiger charge is -2.04. The molecule has 0 heterocycles. The number of fused-ring (bicyclic) bond motifs is 1. The molecule has 0 aromatic heterocycles. The van der Waals surface area contributed by atoms with Crippen molar-refractivity contribution in [3.8, 4) is 5.75 Å². The molecule has 90 valence electrons. The summed E-state index contributed by atoms with van der Waals surface area (Å²) in [5, 5.41) is 19.5. The van der Waals surface area contributed by atoms with Crippen molar-refractivity contribution >= 4 is 20.6 Å². The molecule has 5 heteroatoms. The first kappa shape index (κ1) is 11.9. The summed E-state index contributed by atoms with van der Waals surface area (Å²) in [5.74, 6) is -0.139. The SMILES string of the molecule is O=S(=O)(CCO)c1ccc2cc(O)ccc2c1. The van der Waals surface area contributed by atoms with Crippen molar-refractivity contribution in [3.05, 3.63) is 36.4 Å². The molecule has 0 amide bonds. The Labute approximate surface area is 99.1 Å². The number of aliphatic hydroxyl groups is 1. The minimum atomic E-state index is -3.42. The van der Waals surface area contributed by atoms with Crippen LogP contribution in [0.4, 0.5) is 0 Å².